The molecule has 1 N–H and O–H groups in total. The second kappa shape index (κ2) is 7.31. The lowest BCUT2D eigenvalue weighted by atomic mass is 10.2. The average Bonchev–Trinajstić information content (AvgIpc) is 2.48. The largest absolute Gasteiger partial charge is 0.410 e. The fourth-order valence-corrected chi connectivity index (χ4v) is 3.13. The van der Waals surface area contributed by atoms with Crippen molar-refractivity contribution in [1.82, 2.24) is 5.06 Å². The van der Waals surface area contributed by atoms with E-state index in [-0.39, 0.29) is 16.2 Å². The summed E-state index contributed by atoms with van der Waals surface area (Å²) >= 11 is 1.32. The molecule has 2 rings (SSSR count). The van der Waals surface area contributed by atoms with E-state index < -0.39 is 0 Å². The number of carbonyl (C=O) groups excluding carboxylic acids is 1. The second-order valence-corrected chi connectivity index (χ2v) is 5.85. The van der Waals surface area contributed by atoms with E-state index in [1.54, 1.807) is 0 Å². The molecule has 0 saturated carbocycles. The zero-order chi connectivity index (χ0) is 14.4. The van der Waals surface area contributed by atoms with Gasteiger partial charge in [0.1, 0.15) is 6.61 Å². The number of rotatable bonds is 5. The number of oxime groups is 1. The molecule has 0 radical (unpaired) electrons. The van der Waals surface area contributed by atoms with Gasteiger partial charge in [-0.25, -0.2) is 5.06 Å². The van der Waals surface area contributed by atoms with E-state index in [1.165, 1.54) is 16.8 Å². The monoisotopic (exact) mass is 294 g/mol. The number of carbonyl (C=O) groups is 1. The SMILES string of the molecule is CCCC1CN(OCc2ccccc2)C(=O)C(=NO)S1. The molecule has 20 heavy (non-hydrogen) atoms. The molecule has 1 aliphatic heterocycles. The molecule has 1 atom stereocenters. The molecule has 1 aromatic carbocycles. The summed E-state index contributed by atoms with van der Waals surface area (Å²) in [6.45, 7) is 2.93. The number of hydroxylamine groups is 2. The molecule has 1 saturated heterocycles. The van der Waals surface area contributed by atoms with E-state index in [9.17, 15) is 4.79 Å². The summed E-state index contributed by atoms with van der Waals surface area (Å²) in [5.74, 6) is -0.374. The maximum atomic E-state index is 12.0. The Labute approximate surface area is 122 Å². The number of amides is 1. The fraction of sp³-hybridized carbons (Fsp3) is 0.429. The van der Waals surface area contributed by atoms with Crippen LogP contribution in [0.3, 0.4) is 0 Å². The van der Waals surface area contributed by atoms with Crippen molar-refractivity contribution in [2.24, 2.45) is 5.16 Å². The van der Waals surface area contributed by atoms with Gasteiger partial charge in [0.15, 0.2) is 0 Å². The lowest BCUT2D eigenvalue weighted by Crippen LogP contribution is -2.45. The molecule has 0 aliphatic carbocycles. The van der Waals surface area contributed by atoms with Crippen LogP contribution in [0, 0.1) is 0 Å². The van der Waals surface area contributed by atoms with Crippen LogP contribution in [0.5, 0.6) is 0 Å². The second-order valence-electron chi connectivity index (χ2n) is 4.56. The third-order valence-corrected chi connectivity index (χ3v) is 4.19. The molecule has 1 aromatic rings. The Morgan fingerprint density at radius 3 is 2.85 bits per heavy atom. The van der Waals surface area contributed by atoms with E-state index in [2.05, 4.69) is 12.1 Å². The Balaban J connectivity index is 1.99. The summed E-state index contributed by atoms with van der Waals surface area (Å²) in [4.78, 5) is 17.6. The predicted octanol–water partition coefficient (Wildman–Crippen LogP) is 2.65. The molecule has 0 bridgehead atoms. The molecule has 1 heterocycles. The third kappa shape index (κ3) is 3.74. The zero-order valence-electron chi connectivity index (χ0n) is 11.4. The van der Waals surface area contributed by atoms with E-state index in [0.717, 1.165) is 18.4 Å². The topological polar surface area (TPSA) is 62.1 Å². The first-order chi connectivity index (χ1) is 9.74. The molecule has 108 valence electrons. The van der Waals surface area contributed by atoms with Crippen molar-refractivity contribution >= 4 is 22.7 Å². The minimum Gasteiger partial charge on any atom is -0.410 e. The Kier molecular flexibility index (Phi) is 5.43. The Morgan fingerprint density at radius 1 is 1.45 bits per heavy atom. The van der Waals surface area contributed by atoms with Crippen molar-refractivity contribution in [3.8, 4) is 0 Å². The highest BCUT2D eigenvalue weighted by molar-refractivity contribution is 8.16. The molecular weight excluding hydrogens is 276 g/mol. The summed E-state index contributed by atoms with van der Waals surface area (Å²) < 4.78 is 0. The molecule has 5 nitrogen and oxygen atoms in total. The minimum atomic E-state index is -0.374. The summed E-state index contributed by atoms with van der Waals surface area (Å²) in [5.41, 5.74) is 0.994. The summed E-state index contributed by atoms with van der Waals surface area (Å²) in [6, 6.07) is 9.65. The first kappa shape index (κ1) is 14.9. The quantitative estimate of drug-likeness (QED) is 0.670. The normalized spacial score (nSPS) is 21.4. The Morgan fingerprint density at radius 2 is 2.20 bits per heavy atom. The van der Waals surface area contributed by atoms with Crippen LogP contribution in [0.4, 0.5) is 0 Å². The minimum absolute atomic E-state index is 0.0998. The fourth-order valence-electron chi connectivity index (χ4n) is 2.00. The van der Waals surface area contributed by atoms with Crippen molar-refractivity contribution in [2.45, 2.75) is 31.6 Å². The van der Waals surface area contributed by atoms with Crippen molar-refractivity contribution in [2.75, 3.05) is 6.54 Å². The number of benzene rings is 1. The summed E-state index contributed by atoms with van der Waals surface area (Å²) in [7, 11) is 0. The van der Waals surface area contributed by atoms with Crippen LogP contribution in [0.25, 0.3) is 0 Å². The van der Waals surface area contributed by atoms with Gasteiger partial charge in [-0.2, -0.15) is 0 Å². The van der Waals surface area contributed by atoms with Crippen LogP contribution in [-0.4, -0.2) is 33.0 Å². The van der Waals surface area contributed by atoms with Crippen molar-refractivity contribution in [3.05, 3.63) is 35.9 Å². The lowest BCUT2D eigenvalue weighted by molar-refractivity contribution is -0.184. The molecule has 1 fully saturated rings. The van der Waals surface area contributed by atoms with Gasteiger partial charge in [0.2, 0.25) is 5.04 Å². The molecular formula is C14H18N2O3S. The number of hydrogen-bond acceptors (Lipinski definition) is 5. The van der Waals surface area contributed by atoms with Gasteiger partial charge in [0.25, 0.3) is 0 Å². The highest BCUT2D eigenvalue weighted by Crippen LogP contribution is 2.26. The van der Waals surface area contributed by atoms with Gasteiger partial charge in [-0.05, 0) is 12.0 Å². The van der Waals surface area contributed by atoms with E-state index in [1.807, 2.05) is 30.3 Å². The Bertz CT molecular complexity index is 479. The van der Waals surface area contributed by atoms with Gasteiger partial charge in [-0.15, -0.1) is 0 Å². The van der Waals surface area contributed by atoms with Crippen LogP contribution >= 0.6 is 11.8 Å². The first-order valence-corrected chi connectivity index (χ1v) is 7.50. The van der Waals surface area contributed by atoms with Crippen molar-refractivity contribution < 1.29 is 14.8 Å². The third-order valence-electron chi connectivity index (χ3n) is 2.99. The molecule has 1 unspecified atom stereocenters. The average molecular weight is 294 g/mol. The van der Waals surface area contributed by atoms with Crippen LogP contribution in [0.2, 0.25) is 0 Å². The maximum absolute atomic E-state index is 12.0. The van der Waals surface area contributed by atoms with Gasteiger partial charge in [0.05, 0.1) is 6.54 Å². The van der Waals surface area contributed by atoms with Crippen molar-refractivity contribution in [1.29, 1.82) is 0 Å². The smallest absolute Gasteiger partial charge is 0.306 e. The molecule has 0 aromatic heterocycles. The van der Waals surface area contributed by atoms with E-state index in [4.69, 9.17) is 10.0 Å². The van der Waals surface area contributed by atoms with Gasteiger partial charge < -0.3 is 5.21 Å². The molecule has 1 amide bonds. The first-order valence-electron chi connectivity index (χ1n) is 6.62. The molecule has 0 spiro atoms. The summed E-state index contributed by atoms with van der Waals surface area (Å²) in [5, 5.41) is 13.6. The van der Waals surface area contributed by atoms with Gasteiger partial charge in [-0.1, -0.05) is 60.6 Å². The summed E-state index contributed by atoms with van der Waals surface area (Å²) in [6.07, 6.45) is 1.96. The Hall–Kier alpha value is -1.53. The number of hydrogen-bond donors (Lipinski definition) is 1. The van der Waals surface area contributed by atoms with E-state index in [0.29, 0.717) is 13.2 Å². The highest BCUT2D eigenvalue weighted by atomic mass is 32.2. The van der Waals surface area contributed by atoms with E-state index >= 15 is 0 Å². The van der Waals surface area contributed by atoms with Crippen LogP contribution in [-0.2, 0) is 16.2 Å². The zero-order valence-corrected chi connectivity index (χ0v) is 12.2. The van der Waals surface area contributed by atoms with Crippen molar-refractivity contribution in [3.63, 3.8) is 0 Å². The van der Waals surface area contributed by atoms with Gasteiger partial charge in [-0.3, -0.25) is 9.63 Å². The lowest BCUT2D eigenvalue weighted by Gasteiger charge is -2.31. The number of nitrogens with zero attached hydrogens (tertiary/aromatic N) is 2. The highest BCUT2D eigenvalue weighted by Gasteiger charge is 2.33. The molecule has 6 heteroatoms. The maximum Gasteiger partial charge on any atom is 0.306 e. The standard InChI is InChI=1S/C14H18N2O3S/c1-2-6-12-9-16(14(17)13(15-18)20-12)19-10-11-7-4-3-5-8-11/h3-5,7-8,12,18H,2,6,9-10H2,1H3. The van der Waals surface area contributed by atoms with Gasteiger partial charge >= 0.3 is 5.91 Å². The van der Waals surface area contributed by atoms with Crippen LogP contribution in [0.15, 0.2) is 35.5 Å². The van der Waals surface area contributed by atoms with Crippen LogP contribution < -0.4 is 0 Å². The number of thioether (sulfide) groups is 1. The predicted molar refractivity (Wildman–Crippen MR) is 78.5 cm³/mol. The van der Waals surface area contributed by atoms with Gasteiger partial charge in [0, 0.05) is 5.25 Å². The molecule has 1 aliphatic rings. The van der Waals surface area contributed by atoms with Crippen LogP contribution in [0.1, 0.15) is 25.3 Å².